The van der Waals surface area contributed by atoms with Crippen LogP contribution >= 0.6 is 0 Å². The molecule has 1 fully saturated rings. The third kappa shape index (κ3) is 4.30. The molecule has 0 spiro atoms. The molecule has 0 atom stereocenters. The largest absolute Gasteiger partial charge is 0.444 e. The van der Waals surface area contributed by atoms with Gasteiger partial charge in [0.05, 0.1) is 5.52 Å². The molecular weight excluding hydrogens is 344 g/mol. The Balaban J connectivity index is 1.75. The SMILES string of the molecule is CNC(=O)c1ccc2c(N3CCN(C(=O)OC(C)(C)C)CC3)cccc2n1. The van der Waals surface area contributed by atoms with E-state index >= 15 is 0 Å². The first-order valence-corrected chi connectivity index (χ1v) is 9.13. The van der Waals surface area contributed by atoms with E-state index in [4.69, 9.17) is 4.74 Å². The van der Waals surface area contributed by atoms with Crippen molar-refractivity contribution in [3.8, 4) is 0 Å². The Labute approximate surface area is 159 Å². The number of carbonyl (C=O) groups excluding carboxylic acids is 2. The number of rotatable bonds is 2. The monoisotopic (exact) mass is 370 g/mol. The van der Waals surface area contributed by atoms with Gasteiger partial charge in [-0.2, -0.15) is 0 Å². The van der Waals surface area contributed by atoms with Crippen LogP contribution in [-0.2, 0) is 4.74 Å². The van der Waals surface area contributed by atoms with Crippen LogP contribution in [0.1, 0.15) is 31.3 Å². The lowest BCUT2D eigenvalue weighted by molar-refractivity contribution is 0.0240. The molecular formula is C20H26N4O3. The fraction of sp³-hybridized carbons (Fsp3) is 0.450. The second-order valence-corrected chi connectivity index (χ2v) is 7.57. The van der Waals surface area contributed by atoms with E-state index in [1.165, 1.54) is 0 Å². The van der Waals surface area contributed by atoms with Gasteiger partial charge in [-0.1, -0.05) is 6.07 Å². The lowest BCUT2D eigenvalue weighted by Gasteiger charge is -2.37. The van der Waals surface area contributed by atoms with E-state index in [1.54, 1.807) is 18.0 Å². The molecule has 2 aromatic rings. The predicted molar refractivity (Wildman–Crippen MR) is 105 cm³/mol. The number of anilines is 1. The van der Waals surface area contributed by atoms with E-state index in [-0.39, 0.29) is 12.0 Å². The Hall–Kier alpha value is -2.83. The van der Waals surface area contributed by atoms with Gasteiger partial charge in [0.1, 0.15) is 11.3 Å². The topological polar surface area (TPSA) is 74.8 Å². The van der Waals surface area contributed by atoms with E-state index in [9.17, 15) is 9.59 Å². The van der Waals surface area contributed by atoms with Crippen molar-refractivity contribution in [1.29, 1.82) is 0 Å². The maximum atomic E-state index is 12.2. The van der Waals surface area contributed by atoms with E-state index in [2.05, 4.69) is 15.2 Å². The molecule has 1 aliphatic rings. The number of carbonyl (C=O) groups is 2. The minimum Gasteiger partial charge on any atom is -0.444 e. The van der Waals surface area contributed by atoms with Gasteiger partial charge in [0.2, 0.25) is 0 Å². The minimum absolute atomic E-state index is 0.201. The molecule has 27 heavy (non-hydrogen) atoms. The van der Waals surface area contributed by atoms with Gasteiger partial charge in [-0.15, -0.1) is 0 Å². The molecule has 1 aliphatic heterocycles. The number of fused-ring (bicyclic) bond motifs is 1. The molecule has 0 bridgehead atoms. The highest BCUT2D eigenvalue weighted by Gasteiger charge is 2.26. The highest BCUT2D eigenvalue weighted by molar-refractivity contribution is 5.98. The molecule has 3 rings (SSSR count). The van der Waals surface area contributed by atoms with Crippen molar-refractivity contribution in [2.24, 2.45) is 0 Å². The van der Waals surface area contributed by atoms with Gasteiger partial charge in [-0.25, -0.2) is 9.78 Å². The molecule has 1 aromatic heterocycles. The summed E-state index contributed by atoms with van der Waals surface area (Å²) in [6.07, 6.45) is -0.267. The molecule has 0 radical (unpaired) electrons. The third-order valence-electron chi connectivity index (χ3n) is 4.44. The number of ether oxygens (including phenoxy) is 1. The number of nitrogens with zero attached hydrogens (tertiary/aromatic N) is 3. The van der Waals surface area contributed by atoms with Crippen molar-refractivity contribution in [3.63, 3.8) is 0 Å². The summed E-state index contributed by atoms with van der Waals surface area (Å²) >= 11 is 0. The summed E-state index contributed by atoms with van der Waals surface area (Å²) < 4.78 is 5.46. The molecule has 7 nitrogen and oxygen atoms in total. The number of pyridine rings is 1. The molecule has 144 valence electrons. The average molecular weight is 370 g/mol. The number of benzene rings is 1. The summed E-state index contributed by atoms with van der Waals surface area (Å²) in [4.78, 5) is 32.5. The summed E-state index contributed by atoms with van der Waals surface area (Å²) in [6, 6.07) is 9.57. The molecule has 1 aromatic carbocycles. The second kappa shape index (κ2) is 7.42. The van der Waals surface area contributed by atoms with Gasteiger partial charge in [0.15, 0.2) is 0 Å². The zero-order valence-electron chi connectivity index (χ0n) is 16.3. The first-order valence-electron chi connectivity index (χ1n) is 9.13. The van der Waals surface area contributed by atoms with Crippen molar-refractivity contribution in [1.82, 2.24) is 15.2 Å². The highest BCUT2D eigenvalue weighted by Crippen LogP contribution is 2.27. The summed E-state index contributed by atoms with van der Waals surface area (Å²) in [6.45, 7) is 8.27. The van der Waals surface area contributed by atoms with Gasteiger partial charge in [-0.05, 0) is 45.0 Å². The zero-order chi connectivity index (χ0) is 19.6. The average Bonchev–Trinajstić information content (AvgIpc) is 2.65. The maximum absolute atomic E-state index is 12.2. The van der Waals surface area contributed by atoms with E-state index in [0.29, 0.717) is 18.8 Å². The molecule has 0 aliphatic carbocycles. The highest BCUT2D eigenvalue weighted by atomic mass is 16.6. The molecule has 7 heteroatoms. The Morgan fingerprint density at radius 1 is 1.07 bits per heavy atom. The first kappa shape index (κ1) is 18.9. The van der Waals surface area contributed by atoms with Gasteiger partial charge in [-0.3, -0.25) is 4.79 Å². The number of aromatic nitrogens is 1. The number of amides is 2. The summed E-state index contributed by atoms with van der Waals surface area (Å²) in [5.74, 6) is -0.201. The molecule has 2 heterocycles. The van der Waals surface area contributed by atoms with E-state index in [1.807, 2.05) is 45.0 Å². The second-order valence-electron chi connectivity index (χ2n) is 7.57. The van der Waals surface area contributed by atoms with Crippen molar-refractivity contribution in [2.45, 2.75) is 26.4 Å². The quantitative estimate of drug-likeness (QED) is 0.880. The van der Waals surface area contributed by atoms with Crippen molar-refractivity contribution >= 4 is 28.6 Å². The third-order valence-corrected chi connectivity index (χ3v) is 4.44. The van der Waals surface area contributed by atoms with Crippen molar-refractivity contribution < 1.29 is 14.3 Å². The normalized spacial score (nSPS) is 15.0. The van der Waals surface area contributed by atoms with E-state index in [0.717, 1.165) is 29.7 Å². The number of hydrogen-bond acceptors (Lipinski definition) is 5. The molecule has 0 unspecified atom stereocenters. The van der Waals surface area contributed by atoms with Crippen LogP contribution in [-0.4, -0.2) is 60.7 Å². The number of hydrogen-bond donors (Lipinski definition) is 1. The van der Waals surface area contributed by atoms with Gasteiger partial charge < -0.3 is 19.9 Å². The van der Waals surface area contributed by atoms with Crippen LogP contribution in [0.3, 0.4) is 0 Å². The van der Waals surface area contributed by atoms with Crippen LogP contribution in [0, 0.1) is 0 Å². The molecule has 1 N–H and O–H groups in total. The van der Waals surface area contributed by atoms with Crippen LogP contribution in [0.25, 0.3) is 10.9 Å². The van der Waals surface area contributed by atoms with Crippen LogP contribution in [0.15, 0.2) is 30.3 Å². The number of piperazine rings is 1. The Kier molecular flexibility index (Phi) is 5.21. The summed E-state index contributed by atoms with van der Waals surface area (Å²) in [7, 11) is 1.59. The summed E-state index contributed by atoms with van der Waals surface area (Å²) in [5.41, 5.74) is 1.75. The molecule has 1 saturated heterocycles. The Bertz CT molecular complexity index is 852. The zero-order valence-corrected chi connectivity index (χ0v) is 16.3. The van der Waals surface area contributed by atoms with Crippen LogP contribution < -0.4 is 10.2 Å². The fourth-order valence-corrected chi connectivity index (χ4v) is 3.13. The molecule has 0 saturated carbocycles. The number of nitrogens with one attached hydrogen (secondary N) is 1. The predicted octanol–water partition coefficient (Wildman–Crippen LogP) is 2.65. The van der Waals surface area contributed by atoms with E-state index < -0.39 is 5.60 Å². The standard InChI is InChI=1S/C20H26N4O3/c1-20(2,3)27-19(26)24-12-10-23(11-13-24)17-7-5-6-15-14(17)8-9-16(22-15)18(25)21-4/h5-9H,10-13H2,1-4H3,(H,21,25). The fourth-order valence-electron chi connectivity index (χ4n) is 3.13. The Morgan fingerprint density at radius 2 is 1.78 bits per heavy atom. The van der Waals surface area contributed by atoms with Crippen LogP contribution in [0.4, 0.5) is 10.5 Å². The van der Waals surface area contributed by atoms with Crippen LogP contribution in [0.2, 0.25) is 0 Å². The van der Waals surface area contributed by atoms with Crippen molar-refractivity contribution in [2.75, 3.05) is 38.1 Å². The Morgan fingerprint density at radius 3 is 2.41 bits per heavy atom. The first-order chi connectivity index (χ1) is 12.8. The summed E-state index contributed by atoms with van der Waals surface area (Å²) in [5, 5.41) is 3.59. The lowest BCUT2D eigenvalue weighted by Crippen LogP contribution is -2.50. The smallest absolute Gasteiger partial charge is 0.410 e. The lowest BCUT2D eigenvalue weighted by atomic mass is 10.1. The van der Waals surface area contributed by atoms with Crippen LogP contribution in [0.5, 0.6) is 0 Å². The van der Waals surface area contributed by atoms with Gasteiger partial charge >= 0.3 is 6.09 Å². The van der Waals surface area contributed by atoms with Gasteiger partial charge in [0, 0.05) is 44.3 Å². The van der Waals surface area contributed by atoms with Gasteiger partial charge in [0.25, 0.3) is 5.91 Å². The van der Waals surface area contributed by atoms with Crippen molar-refractivity contribution in [3.05, 3.63) is 36.0 Å². The maximum Gasteiger partial charge on any atom is 0.410 e. The molecule has 2 amide bonds. The minimum atomic E-state index is -0.488.